The highest BCUT2D eigenvalue weighted by Crippen LogP contribution is 2.22. The first kappa shape index (κ1) is 15.0. The molecule has 0 radical (unpaired) electrons. The molecular formula is C15H32N2. The molecule has 0 aromatic carbocycles. The minimum Gasteiger partial charge on any atom is -0.314 e. The average Bonchev–Trinajstić information content (AvgIpc) is 2.54. The van der Waals surface area contributed by atoms with E-state index in [1.807, 2.05) is 0 Å². The maximum absolute atomic E-state index is 3.52. The Hall–Kier alpha value is -0.0800. The summed E-state index contributed by atoms with van der Waals surface area (Å²) < 4.78 is 0. The van der Waals surface area contributed by atoms with Crippen LogP contribution in [0, 0.1) is 5.92 Å². The smallest absolute Gasteiger partial charge is 0.00816 e. The van der Waals surface area contributed by atoms with Crippen LogP contribution in [0.1, 0.15) is 59.8 Å². The summed E-state index contributed by atoms with van der Waals surface area (Å²) in [6.07, 6.45) is 6.91. The first-order chi connectivity index (χ1) is 8.17. The zero-order valence-electron chi connectivity index (χ0n) is 12.3. The SMILES string of the molecule is CCNC(C)CC(C)N1CCCC(CC)CC1. The van der Waals surface area contributed by atoms with Crippen molar-refractivity contribution < 1.29 is 0 Å². The van der Waals surface area contributed by atoms with E-state index in [1.165, 1.54) is 45.2 Å². The van der Waals surface area contributed by atoms with Gasteiger partial charge in [-0.1, -0.05) is 20.3 Å². The van der Waals surface area contributed by atoms with E-state index in [2.05, 4.69) is 37.9 Å². The van der Waals surface area contributed by atoms with Crippen LogP contribution in [-0.4, -0.2) is 36.6 Å². The second kappa shape index (κ2) is 8.10. The molecule has 1 saturated heterocycles. The first-order valence-corrected chi connectivity index (χ1v) is 7.64. The third-order valence-electron chi connectivity index (χ3n) is 4.33. The molecule has 17 heavy (non-hydrogen) atoms. The number of rotatable bonds is 6. The summed E-state index contributed by atoms with van der Waals surface area (Å²) in [6, 6.07) is 1.39. The molecule has 0 aromatic heterocycles. The Morgan fingerprint density at radius 3 is 2.59 bits per heavy atom. The Labute approximate surface area is 108 Å². The van der Waals surface area contributed by atoms with Crippen molar-refractivity contribution in [2.24, 2.45) is 5.92 Å². The zero-order chi connectivity index (χ0) is 12.7. The second-order valence-electron chi connectivity index (χ2n) is 5.78. The van der Waals surface area contributed by atoms with Crippen molar-refractivity contribution >= 4 is 0 Å². The molecule has 0 aromatic rings. The normalized spacial score (nSPS) is 26.5. The Morgan fingerprint density at radius 1 is 1.18 bits per heavy atom. The molecule has 0 saturated carbocycles. The molecule has 0 spiro atoms. The summed E-state index contributed by atoms with van der Waals surface area (Å²) in [6.45, 7) is 13.0. The maximum atomic E-state index is 3.52. The molecule has 3 unspecified atom stereocenters. The van der Waals surface area contributed by atoms with E-state index in [1.54, 1.807) is 0 Å². The Morgan fingerprint density at radius 2 is 1.94 bits per heavy atom. The molecule has 1 rings (SSSR count). The second-order valence-corrected chi connectivity index (χ2v) is 5.78. The Kier molecular flexibility index (Phi) is 7.14. The maximum Gasteiger partial charge on any atom is 0.00816 e. The Balaban J connectivity index is 2.33. The quantitative estimate of drug-likeness (QED) is 0.766. The molecule has 0 amide bonds. The van der Waals surface area contributed by atoms with Gasteiger partial charge in [-0.2, -0.15) is 0 Å². The predicted molar refractivity (Wildman–Crippen MR) is 76.4 cm³/mol. The fourth-order valence-corrected chi connectivity index (χ4v) is 3.13. The summed E-state index contributed by atoms with van der Waals surface area (Å²) >= 11 is 0. The first-order valence-electron chi connectivity index (χ1n) is 7.64. The van der Waals surface area contributed by atoms with Crippen molar-refractivity contribution in [3.8, 4) is 0 Å². The molecule has 102 valence electrons. The van der Waals surface area contributed by atoms with Crippen molar-refractivity contribution in [2.75, 3.05) is 19.6 Å². The fourth-order valence-electron chi connectivity index (χ4n) is 3.13. The molecule has 1 aliphatic heterocycles. The summed E-state index contributed by atoms with van der Waals surface area (Å²) in [4.78, 5) is 2.71. The van der Waals surface area contributed by atoms with Crippen LogP contribution in [0.15, 0.2) is 0 Å². The molecule has 0 bridgehead atoms. The monoisotopic (exact) mass is 240 g/mol. The van der Waals surface area contributed by atoms with Gasteiger partial charge in [0.2, 0.25) is 0 Å². The van der Waals surface area contributed by atoms with Crippen LogP contribution >= 0.6 is 0 Å². The topological polar surface area (TPSA) is 15.3 Å². The van der Waals surface area contributed by atoms with Crippen molar-refractivity contribution in [3.63, 3.8) is 0 Å². The van der Waals surface area contributed by atoms with Gasteiger partial charge < -0.3 is 10.2 Å². The number of likely N-dealkylation sites (tertiary alicyclic amines) is 1. The van der Waals surface area contributed by atoms with Gasteiger partial charge >= 0.3 is 0 Å². The lowest BCUT2D eigenvalue weighted by Crippen LogP contribution is -2.39. The molecule has 0 aliphatic carbocycles. The number of hydrogen-bond donors (Lipinski definition) is 1. The van der Waals surface area contributed by atoms with Gasteiger partial charge in [-0.15, -0.1) is 0 Å². The standard InChI is InChI=1S/C15H32N2/c1-5-15-8-7-10-17(11-9-15)14(4)12-13(3)16-6-2/h13-16H,5-12H2,1-4H3. The van der Waals surface area contributed by atoms with Gasteiger partial charge in [-0.25, -0.2) is 0 Å². The fraction of sp³-hybridized carbons (Fsp3) is 1.00. The number of hydrogen-bond acceptors (Lipinski definition) is 2. The van der Waals surface area contributed by atoms with Gasteiger partial charge in [-0.05, 0) is 65.1 Å². The molecule has 2 heteroatoms. The average molecular weight is 240 g/mol. The van der Waals surface area contributed by atoms with E-state index in [4.69, 9.17) is 0 Å². The van der Waals surface area contributed by atoms with Gasteiger partial charge in [-0.3, -0.25) is 0 Å². The Bertz CT molecular complexity index is 193. The van der Waals surface area contributed by atoms with E-state index in [0.29, 0.717) is 6.04 Å². The molecule has 1 heterocycles. The van der Waals surface area contributed by atoms with E-state index < -0.39 is 0 Å². The van der Waals surface area contributed by atoms with Crippen molar-refractivity contribution in [1.82, 2.24) is 10.2 Å². The van der Waals surface area contributed by atoms with Gasteiger partial charge in [0, 0.05) is 12.1 Å². The van der Waals surface area contributed by atoms with E-state index in [9.17, 15) is 0 Å². The van der Waals surface area contributed by atoms with Gasteiger partial charge in [0.05, 0.1) is 0 Å². The minimum absolute atomic E-state index is 0.653. The summed E-state index contributed by atoms with van der Waals surface area (Å²) in [5.74, 6) is 0.985. The van der Waals surface area contributed by atoms with Crippen LogP contribution < -0.4 is 5.32 Å². The lowest BCUT2D eigenvalue weighted by atomic mass is 9.98. The third kappa shape index (κ3) is 5.39. The van der Waals surface area contributed by atoms with Crippen LogP contribution in [0.4, 0.5) is 0 Å². The van der Waals surface area contributed by atoms with Crippen molar-refractivity contribution in [3.05, 3.63) is 0 Å². The molecule has 2 nitrogen and oxygen atoms in total. The lowest BCUT2D eigenvalue weighted by molar-refractivity contribution is 0.193. The molecule has 1 N–H and O–H groups in total. The number of nitrogens with one attached hydrogen (secondary N) is 1. The molecule has 1 aliphatic rings. The van der Waals surface area contributed by atoms with Gasteiger partial charge in [0.1, 0.15) is 0 Å². The molecular weight excluding hydrogens is 208 g/mol. The van der Waals surface area contributed by atoms with E-state index >= 15 is 0 Å². The minimum atomic E-state index is 0.653. The highest BCUT2D eigenvalue weighted by Gasteiger charge is 2.20. The largest absolute Gasteiger partial charge is 0.314 e. The van der Waals surface area contributed by atoms with Crippen LogP contribution in [-0.2, 0) is 0 Å². The summed E-state index contributed by atoms with van der Waals surface area (Å²) in [5, 5.41) is 3.52. The third-order valence-corrected chi connectivity index (χ3v) is 4.33. The molecule has 1 fully saturated rings. The molecule has 3 atom stereocenters. The van der Waals surface area contributed by atoms with Crippen molar-refractivity contribution in [1.29, 1.82) is 0 Å². The van der Waals surface area contributed by atoms with E-state index in [0.717, 1.165) is 18.5 Å². The van der Waals surface area contributed by atoms with Crippen LogP contribution in [0.3, 0.4) is 0 Å². The van der Waals surface area contributed by atoms with E-state index in [-0.39, 0.29) is 0 Å². The van der Waals surface area contributed by atoms with Gasteiger partial charge in [0.25, 0.3) is 0 Å². The predicted octanol–water partition coefficient (Wildman–Crippen LogP) is 3.28. The van der Waals surface area contributed by atoms with Crippen LogP contribution in [0.2, 0.25) is 0 Å². The summed E-state index contributed by atoms with van der Waals surface area (Å²) in [5.41, 5.74) is 0. The van der Waals surface area contributed by atoms with Gasteiger partial charge in [0.15, 0.2) is 0 Å². The summed E-state index contributed by atoms with van der Waals surface area (Å²) in [7, 11) is 0. The lowest BCUT2D eigenvalue weighted by Gasteiger charge is -2.30. The van der Waals surface area contributed by atoms with Crippen LogP contribution in [0.5, 0.6) is 0 Å². The zero-order valence-corrected chi connectivity index (χ0v) is 12.3. The highest BCUT2D eigenvalue weighted by molar-refractivity contribution is 4.76. The van der Waals surface area contributed by atoms with Crippen molar-refractivity contribution in [2.45, 2.75) is 71.9 Å². The van der Waals surface area contributed by atoms with Crippen LogP contribution in [0.25, 0.3) is 0 Å². The highest BCUT2D eigenvalue weighted by atomic mass is 15.2. The number of nitrogens with zero attached hydrogens (tertiary/aromatic N) is 1.